The van der Waals surface area contributed by atoms with Crippen LogP contribution in [0.2, 0.25) is 5.02 Å². The van der Waals surface area contributed by atoms with Gasteiger partial charge in [-0.15, -0.1) is 0 Å². The number of hydrogen-bond donors (Lipinski definition) is 2. The van der Waals surface area contributed by atoms with Crippen molar-refractivity contribution in [2.45, 2.75) is 6.42 Å². The van der Waals surface area contributed by atoms with Crippen LogP contribution in [0.25, 0.3) is 10.9 Å². The number of aromatic nitrogens is 2. The molecule has 7 nitrogen and oxygen atoms in total. The van der Waals surface area contributed by atoms with Gasteiger partial charge in [0, 0.05) is 30.0 Å². The Morgan fingerprint density at radius 2 is 1.87 bits per heavy atom. The largest absolute Gasteiger partial charge is 0.379 e. The lowest BCUT2D eigenvalue weighted by Gasteiger charge is -2.26. The van der Waals surface area contributed by atoms with E-state index >= 15 is 0 Å². The molecule has 2 heterocycles. The lowest BCUT2D eigenvalue weighted by atomic mass is 10.2. The first-order valence-corrected chi connectivity index (χ1v) is 10.5. The van der Waals surface area contributed by atoms with E-state index in [2.05, 4.69) is 30.7 Å². The van der Waals surface area contributed by atoms with Crippen molar-refractivity contribution in [3.8, 4) is 0 Å². The maximum atomic E-state index is 5.92. The molecule has 1 aromatic heterocycles. The number of rotatable bonds is 8. The summed E-state index contributed by atoms with van der Waals surface area (Å²) >= 11 is 5.92. The Kier molecular flexibility index (Phi) is 7.07. The number of hydrogen-bond acceptors (Lipinski definition) is 7. The van der Waals surface area contributed by atoms with Crippen molar-refractivity contribution >= 4 is 40.5 Å². The molecule has 2 N–H and O–H groups in total. The number of benzene rings is 2. The highest BCUT2D eigenvalue weighted by atomic mass is 35.5. The Morgan fingerprint density at radius 3 is 2.70 bits per heavy atom. The Hall–Kier alpha value is -2.74. The number of anilines is 2. The quantitative estimate of drug-likeness (QED) is 0.325. The molecule has 0 bridgehead atoms. The van der Waals surface area contributed by atoms with Crippen LogP contribution in [0.15, 0.2) is 53.6 Å². The molecule has 1 aliphatic rings. The van der Waals surface area contributed by atoms with Crippen LogP contribution < -0.4 is 10.7 Å². The summed E-state index contributed by atoms with van der Waals surface area (Å²) in [6.07, 6.45) is 2.75. The Balaban J connectivity index is 1.40. The van der Waals surface area contributed by atoms with Gasteiger partial charge in [0.25, 0.3) is 0 Å². The van der Waals surface area contributed by atoms with E-state index in [1.54, 1.807) is 6.21 Å². The number of nitrogens with one attached hydrogen (secondary N) is 2. The minimum atomic E-state index is 0.453. The lowest BCUT2D eigenvalue weighted by Crippen LogP contribution is -2.37. The predicted octanol–water partition coefficient (Wildman–Crippen LogP) is 3.86. The number of para-hydroxylation sites is 1. The molecule has 0 spiro atoms. The number of nitrogens with zero attached hydrogens (tertiary/aromatic N) is 4. The van der Waals surface area contributed by atoms with Gasteiger partial charge in [0.15, 0.2) is 0 Å². The molecule has 1 fully saturated rings. The van der Waals surface area contributed by atoms with Crippen LogP contribution in [0, 0.1) is 0 Å². The molecular formula is C22H25ClN6O. The number of halogens is 1. The van der Waals surface area contributed by atoms with Crippen LogP contribution in [-0.4, -0.2) is 60.5 Å². The Morgan fingerprint density at radius 1 is 1.07 bits per heavy atom. The van der Waals surface area contributed by atoms with Gasteiger partial charge in [0.1, 0.15) is 5.82 Å². The molecule has 156 valence electrons. The number of hydrazone groups is 1. The van der Waals surface area contributed by atoms with Crippen molar-refractivity contribution in [1.29, 1.82) is 0 Å². The van der Waals surface area contributed by atoms with E-state index in [4.69, 9.17) is 16.3 Å². The molecule has 0 atom stereocenters. The molecule has 0 aliphatic carbocycles. The van der Waals surface area contributed by atoms with Gasteiger partial charge in [-0.25, -0.2) is 10.4 Å². The second-order valence-electron chi connectivity index (χ2n) is 7.07. The Labute approximate surface area is 181 Å². The third kappa shape index (κ3) is 5.66. The van der Waals surface area contributed by atoms with Crippen molar-refractivity contribution in [2.24, 2.45) is 5.10 Å². The molecule has 3 aromatic rings. The van der Waals surface area contributed by atoms with Crippen molar-refractivity contribution in [3.05, 3.63) is 59.1 Å². The third-order valence-corrected chi connectivity index (χ3v) is 5.15. The van der Waals surface area contributed by atoms with E-state index in [1.165, 1.54) is 0 Å². The SMILES string of the molecule is Clc1ccc(/C=N/Nc2nc(NCCCN3CCOCC3)c3ccccc3n2)cc1. The van der Waals surface area contributed by atoms with E-state index in [0.717, 1.165) is 68.1 Å². The monoisotopic (exact) mass is 424 g/mol. The zero-order chi connectivity index (χ0) is 20.6. The highest BCUT2D eigenvalue weighted by Crippen LogP contribution is 2.21. The summed E-state index contributed by atoms with van der Waals surface area (Å²) in [4.78, 5) is 11.6. The zero-order valence-electron chi connectivity index (χ0n) is 16.7. The molecule has 8 heteroatoms. The fourth-order valence-corrected chi connectivity index (χ4v) is 3.43. The molecule has 30 heavy (non-hydrogen) atoms. The van der Waals surface area contributed by atoms with Crippen LogP contribution in [-0.2, 0) is 4.74 Å². The van der Waals surface area contributed by atoms with E-state index in [1.807, 2.05) is 48.5 Å². The molecular weight excluding hydrogens is 400 g/mol. The topological polar surface area (TPSA) is 74.7 Å². The second-order valence-corrected chi connectivity index (χ2v) is 7.51. The summed E-state index contributed by atoms with van der Waals surface area (Å²) in [5.41, 5.74) is 4.74. The summed E-state index contributed by atoms with van der Waals surface area (Å²) in [5, 5.41) is 9.42. The fraction of sp³-hybridized carbons (Fsp3) is 0.318. The van der Waals surface area contributed by atoms with Crippen LogP contribution in [0.3, 0.4) is 0 Å². The standard InChI is InChI=1S/C22H25ClN6O/c23-18-8-6-17(7-9-18)16-25-28-22-26-20-5-2-1-4-19(20)21(27-22)24-10-3-11-29-12-14-30-15-13-29/h1-2,4-9,16H,3,10-15H2,(H2,24,26,27,28)/b25-16+. The van der Waals surface area contributed by atoms with Gasteiger partial charge in [-0.3, -0.25) is 4.90 Å². The van der Waals surface area contributed by atoms with Crippen LogP contribution in [0.1, 0.15) is 12.0 Å². The third-order valence-electron chi connectivity index (χ3n) is 4.90. The maximum Gasteiger partial charge on any atom is 0.246 e. The highest BCUT2D eigenvalue weighted by Gasteiger charge is 2.10. The van der Waals surface area contributed by atoms with E-state index in [9.17, 15) is 0 Å². The van der Waals surface area contributed by atoms with Gasteiger partial charge in [-0.2, -0.15) is 10.1 Å². The van der Waals surface area contributed by atoms with Gasteiger partial charge >= 0.3 is 0 Å². The molecule has 0 radical (unpaired) electrons. The molecule has 0 amide bonds. The van der Waals surface area contributed by atoms with Crippen molar-refractivity contribution < 1.29 is 4.74 Å². The second kappa shape index (κ2) is 10.3. The van der Waals surface area contributed by atoms with Crippen LogP contribution in [0.4, 0.5) is 11.8 Å². The lowest BCUT2D eigenvalue weighted by molar-refractivity contribution is 0.0378. The molecule has 1 aliphatic heterocycles. The van der Waals surface area contributed by atoms with E-state index in [-0.39, 0.29) is 0 Å². The number of ether oxygens (including phenoxy) is 1. The first kappa shape index (κ1) is 20.5. The minimum Gasteiger partial charge on any atom is -0.379 e. The summed E-state index contributed by atoms with van der Waals surface area (Å²) in [6, 6.07) is 15.4. The van der Waals surface area contributed by atoms with Gasteiger partial charge in [-0.05, 0) is 42.8 Å². The number of fused-ring (bicyclic) bond motifs is 1. The Bertz CT molecular complexity index is 989. The van der Waals surface area contributed by atoms with E-state index < -0.39 is 0 Å². The number of morpholine rings is 1. The van der Waals surface area contributed by atoms with Crippen molar-refractivity contribution in [1.82, 2.24) is 14.9 Å². The molecule has 0 unspecified atom stereocenters. The average molecular weight is 425 g/mol. The van der Waals surface area contributed by atoms with Gasteiger partial charge in [0.2, 0.25) is 5.95 Å². The zero-order valence-corrected chi connectivity index (χ0v) is 17.5. The van der Waals surface area contributed by atoms with Crippen molar-refractivity contribution in [2.75, 3.05) is 50.1 Å². The predicted molar refractivity (Wildman–Crippen MR) is 123 cm³/mol. The van der Waals surface area contributed by atoms with Gasteiger partial charge < -0.3 is 10.1 Å². The van der Waals surface area contributed by atoms with Crippen molar-refractivity contribution in [3.63, 3.8) is 0 Å². The smallest absolute Gasteiger partial charge is 0.246 e. The molecule has 1 saturated heterocycles. The fourth-order valence-electron chi connectivity index (χ4n) is 3.31. The molecule has 2 aromatic carbocycles. The minimum absolute atomic E-state index is 0.453. The average Bonchev–Trinajstić information content (AvgIpc) is 2.79. The van der Waals surface area contributed by atoms with Gasteiger partial charge in [-0.1, -0.05) is 35.9 Å². The van der Waals surface area contributed by atoms with Gasteiger partial charge in [0.05, 0.1) is 24.9 Å². The van der Waals surface area contributed by atoms with Crippen LogP contribution >= 0.6 is 11.6 Å². The molecule has 4 rings (SSSR count). The van der Waals surface area contributed by atoms with Crippen LogP contribution in [0.5, 0.6) is 0 Å². The molecule has 0 saturated carbocycles. The highest BCUT2D eigenvalue weighted by molar-refractivity contribution is 6.30. The van der Waals surface area contributed by atoms with E-state index in [0.29, 0.717) is 11.0 Å². The first-order valence-electron chi connectivity index (χ1n) is 10.1. The summed E-state index contributed by atoms with van der Waals surface area (Å²) in [6.45, 7) is 5.57. The first-order chi connectivity index (χ1) is 14.8. The summed E-state index contributed by atoms with van der Waals surface area (Å²) in [7, 11) is 0. The normalized spacial score (nSPS) is 15.0. The maximum absolute atomic E-state index is 5.92. The summed E-state index contributed by atoms with van der Waals surface area (Å²) in [5.74, 6) is 1.27. The summed E-state index contributed by atoms with van der Waals surface area (Å²) < 4.78 is 5.40.